The molecule has 7 rings (SSSR count). The number of rotatable bonds is 10. The Bertz CT molecular complexity index is 1270. The Kier molecular flexibility index (Phi) is 7.88. The Morgan fingerprint density at radius 1 is 1.16 bits per heavy atom. The van der Waals surface area contributed by atoms with E-state index < -0.39 is 22.2 Å². The number of aldehydes is 1. The first-order chi connectivity index (χ1) is 21.2. The minimum Gasteiger partial charge on any atom is -0.481 e. The predicted molar refractivity (Wildman–Crippen MR) is 171 cm³/mol. The molecule has 0 radical (unpaired) electrons. The lowest BCUT2D eigenvalue weighted by molar-refractivity contribution is -0.197. The summed E-state index contributed by atoms with van der Waals surface area (Å²) in [7, 11) is 0. The van der Waals surface area contributed by atoms with Gasteiger partial charge in [0.05, 0.1) is 17.6 Å². The molecule has 240 valence electrons. The van der Waals surface area contributed by atoms with E-state index >= 15 is 0 Å². The lowest BCUT2D eigenvalue weighted by atomic mass is 9.41. The zero-order valence-electron chi connectivity index (χ0n) is 27.4. The molecule has 5 aliphatic carbocycles. The third kappa shape index (κ3) is 4.08. The first-order valence-corrected chi connectivity index (χ1v) is 17.9. The average Bonchev–Trinajstić information content (AvgIpc) is 3.75. The van der Waals surface area contributed by atoms with Gasteiger partial charge in [-0.3, -0.25) is 14.7 Å². The van der Waals surface area contributed by atoms with Crippen LogP contribution in [-0.4, -0.2) is 52.5 Å². The molecule has 4 saturated carbocycles. The standard InChI is InChI=1S/C38H54N2O4/c1-5-40(21-26-10-9-15-39-20-26)22-33-29(27-11-7-6-8-12-27)17-34(44-33)37-19-30-25(4)13-14-31(30)36(23-41)18-28(37)16-32(24(2)3)38(36,37)35(42)43/h9-10,15-16,20,23-25,27-31,33-34H,5-8,11-14,17-19,21-22H2,1-4H3,(H,42,43)/t25-,28?,29?,30-,31-,33?,34?,36?,37?,38+/m1/s1. The van der Waals surface area contributed by atoms with Gasteiger partial charge < -0.3 is 14.6 Å². The number of aliphatic carboxylic acids is 1. The van der Waals surface area contributed by atoms with Gasteiger partial charge in [-0.25, -0.2) is 0 Å². The highest BCUT2D eigenvalue weighted by molar-refractivity contribution is 5.90. The quantitative estimate of drug-likeness (QED) is 0.226. The van der Waals surface area contributed by atoms with Gasteiger partial charge in [-0.1, -0.05) is 83.9 Å². The Balaban J connectivity index is 1.30. The Morgan fingerprint density at radius 2 is 1.95 bits per heavy atom. The number of fused-ring (bicyclic) bond motifs is 2. The highest BCUT2D eigenvalue weighted by atomic mass is 16.5. The van der Waals surface area contributed by atoms with Crippen molar-refractivity contribution >= 4 is 12.3 Å². The zero-order valence-corrected chi connectivity index (χ0v) is 27.4. The van der Waals surface area contributed by atoms with E-state index in [-0.39, 0.29) is 30.0 Å². The zero-order chi connectivity index (χ0) is 30.9. The topological polar surface area (TPSA) is 79.7 Å². The van der Waals surface area contributed by atoms with E-state index in [1.165, 1.54) is 37.7 Å². The Labute approximate surface area is 264 Å². The maximum Gasteiger partial charge on any atom is 0.315 e. The van der Waals surface area contributed by atoms with Crippen LogP contribution in [0.25, 0.3) is 0 Å². The molecule has 0 amide bonds. The Hall–Kier alpha value is -2.05. The smallest absolute Gasteiger partial charge is 0.315 e. The van der Waals surface area contributed by atoms with Gasteiger partial charge in [0.1, 0.15) is 11.7 Å². The van der Waals surface area contributed by atoms with E-state index in [1.54, 1.807) is 0 Å². The molecule has 1 aromatic heterocycles. The van der Waals surface area contributed by atoms with Crippen LogP contribution in [0.4, 0.5) is 0 Å². The van der Waals surface area contributed by atoms with Crippen molar-refractivity contribution < 1.29 is 19.4 Å². The fourth-order valence-electron chi connectivity index (χ4n) is 12.5. The summed E-state index contributed by atoms with van der Waals surface area (Å²) in [5.74, 6) is 1.55. The summed E-state index contributed by atoms with van der Waals surface area (Å²) in [6, 6.07) is 4.16. The molecule has 4 bridgehead atoms. The molecule has 1 saturated heterocycles. The van der Waals surface area contributed by atoms with Crippen LogP contribution in [0.2, 0.25) is 0 Å². The molecule has 44 heavy (non-hydrogen) atoms. The first kappa shape index (κ1) is 30.6. The number of carboxylic acid groups (broad SMARTS) is 1. The second-order valence-corrected chi connectivity index (χ2v) is 16.0. The summed E-state index contributed by atoms with van der Waals surface area (Å²) in [5, 5.41) is 11.6. The van der Waals surface area contributed by atoms with Crippen molar-refractivity contribution in [2.24, 2.45) is 57.7 Å². The van der Waals surface area contributed by atoms with Crippen LogP contribution in [0.1, 0.15) is 97.5 Å². The lowest BCUT2D eigenvalue weighted by Gasteiger charge is -2.60. The van der Waals surface area contributed by atoms with Gasteiger partial charge in [0.25, 0.3) is 0 Å². The number of aromatic nitrogens is 1. The highest BCUT2D eigenvalue weighted by Crippen LogP contribution is 2.84. The molecule has 6 unspecified atom stereocenters. The number of carboxylic acids is 1. The molecule has 1 aliphatic heterocycles. The number of hydrogen-bond acceptors (Lipinski definition) is 5. The predicted octanol–water partition coefficient (Wildman–Crippen LogP) is 7.18. The van der Waals surface area contributed by atoms with Crippen molar-refractivity contribution in [1.29, 1.82) is 0 Å². The van der Waals surface area contributed by atoms with Crippen LogP contribution in [-0.2, 0) is 20.9 Å². The average molecular weight is 603 g/mol. The molecule has 6 heteroatoms. The van der Waals surface area contributed by atoms with Crippen molar-refractivity contribution in [3.63, 3.8) is 0 Å². The van der Waals surface area contributed by atoms with E-state index in [2.05, 4.69) is 49.7 Å². The third-order valence-corrected chi connectivity index (χ3v) is 14.1. The number of carbonyl (C=O) groups excluding carboxylic acids is 1. The second-order valence-electron chi connectivity index (χ2n) is 16.0. The summed E-state index contributed by atoms with van der Waals surface area (Å²) < 4.78 is 7.45. The molecular weight excluding hydrogens is 548 g/mol. The maximum absolute atomic E-state index is 14.1. The molecule has 10 atom stereocenters. The molecule has 0 aromatic carbocycles. The minimum atomic E-state index is -1.16. The van der Waals surface area contributed by atoms with Crippen molar-refractivity contribution in [2.75, 3.05) is 13.1 Å². The van der Waals surface area contributed by atoms with Crippen molar-refractivity contribution in [2.45, 2.75) is 111 Å². The highest BCUT2D eigenvalue weighted by Gasteiger charge is 2.86. The molecular formula is C38H54N2O4. The number of pyridine rings is 1. The van der Waals surface area contributed by atoms with Crippen LogP contribution < -0.4 is 0 Å². The second kappa shape index (κ2) is 11.3. The van der Waals surface area contributed by atoms with Crippen LogP contribution in [0, 0.1) is 57.7 Å². The minimum absolute atomic E-state index is 0.0757. The SMILES string of the molecule is CCN(Cc1cccnc1)CC1OC(C23C[C@@H]4[C@H](C)CC[C@H]4C4(C=O)CC2C=C(C(C)C)[C@@]34C(=O)O)CC1C1CCCCC1. The summed E-state index contributed by atoms with van der Waals surface area (Å²) in [6.45, 7) is 11.5. The summed E-state index contributed by atoms with van der Waals surface area (Å²) in [4.78, 5) is 34.6. The largest absolute Gasteiger partial charge is 0.481 e. The molecule has 2 heterocycles. The number of carbonyl (C=O) groups is 2. The summed E-state index contributed by atoms with van der Waals surface area (Å²) in [6.07, 6.45) is 18.2. The van der Waals surface area contributed by atoms with Gasteiger partial charge >= 0.3 is 5.97 Å². The van der Waals surface area contributed by atoms with Gasteiger partial charge in [0.2, 0.25) is 0 Å². The van der Waals surface area contributed by atoms with E-state index in [0.29, 0.717) is 30.1 Å². The van der Waals surface area contributed by atoms with Gasteiger partial charge in [-0.05, 0) is 85.3 Å². The number of hydrogen-bond donors (Lipinski definition) is 1. The number of likely N-dealkylation sites (N-methyl/N-ethyl adjacent to an activating group) is 1. The molecule has 1 aromatic rings. The van der Waals surface area contributed by atoms with Gasteiger partial charge in [-0.2, -0.15) is 0 Å². The van der Waals surface area contributed by atoms with E-state index in [1.807, 2.05) is 18.5 Å². The van der Waals surface area contributed by atoms with Crippen LogP contribution in [0.15, 0.2) is 36.2 Å². The van der Waals surface area contributed by atoms with Crippen LogP contribution in [0.3, 0.4) is 0 Å². The lowest BCUT2D eigenvalue weighted by Crippen LogP contribution is -2.65. The van der Waals surface area contributed by atoms with Crippen molar-refractivity contribution in [1.82, 2.24) is 9.88 Å². The van der Waals surface area contributed by atoms with Crippen molar-refractivity contribution in [3.8, 4) is 0 Å². The maximum atomic E-state index is 14.1. The summed E-state index contributed by atoms with van der Waals surface area (Å²) in [5.41, 5.74) is -0.308. The molecule has 5 fully saturated rings. The van der Waals surface area contributed by atoms with E-state index in [4.69, 9.17) is 4.74 Å². The van der Waals surface area contributed by atoms with E-state index in [9.17, 15) is 14.7 Å². The first-order valence-electron chi connectivity index (χ1n) is 17.9. The molecule has 0 spiro atoms. The summed E-state index contributed by atoms with van der Waals surface area (Å²) >= 11 is 0. The number of ether oxygens (including phenoxy) is 1. The number of allylic oxidation sites excluding steroid dienone is 1. The fraction of sp³-hybridized carbons (Fsp3) is 0.763. The van der Waals surface area contributed by atoms with Gasteiger partial charge in [0, 0.05) is 30.9 Å². The van der Waals surface area contributed by atoms with Crippen LogP contribution >= 0.6 is 0 Å². The Morgan fingerprint density at radius 3 is 2.61 bits per heavy atom. The fourth-order valence-corrected chi connectivity index (χ4v) is 12.5. The van der Waals surface area contributed by atoms with Gasteiger partial charge in [0.15, 0.2) is 0 Å². The molecule has 6 nitrogen and oxygen atoms in total. The molecule has 6 aliphatic rings. The van der Waals surface area contributed by atoms with Gasteiger partial charge in [-0.15, -0.1) is 0 Å². The third-order valence-electron chi connectivity index (χ3n) is 14.1. The van der Waals surface area contributed by atoms with Crippen molar-refractivity contribution in [3.05, 3.63) is 41.7 Å². The van der Waals surface area contributed by atoms with E-state index in [0.717, 1.165) is 57.2 Å². The number of nitrogens with zero attached hydrogens (tertiary/aromatic N) is 2. The van der Waals surface area contributed by atoms with Crippen LogP contribution in [0.5, 0.6) is 0 Å². The molecule has 1 N–H and O–H groups in total. The monoisotopic (exact) mass is 602 g/mol. The normalized spacial score (nSPS) is 43.0.